The standard InChI is InChI=1S/C20H30O3/c1-11(2)14-7-6-12(3)16-15-10-13(4)20(21)9-8-19(5,23-20)18(22-15)17(14)16/h11,14-18,21H,3-4,6-10H2,1-2,5H3/t14-,15-,16-,17-,18-,19?,20+/m1/s1. The quantitative estimate of drug-likeness (QED) is 0.747. The first-order chi connectivity index (χ1) is 10.8. The van der Waals surface area contributed by atoms with Crippen LogP contribution in [0.25, 0.3) is 0 Å². The molecule has 0 aromatic heterocycles. The Morgan fingerprint density at radius 2 is 2.00 bits per heavy atom. The summed E-state index contributed by atoms with van der Waals surface area (Å²) in [4.78, 5) is 0. The Bertz CT molecular complexity index is 553. The van der Waals surface area contributed by atoms with E-state index in [1.807, 2.05) is 0 Å². The van der Waals surface area contributed by atoms with Crippen molar-refractivity contribution in [2.75, 3.05) is 0 Å². The molecule has 0 amide bonds. The van der Waals surface area contributed by atoms with E-state index >= 15 is 0 Å². The molecule has 1 saturated carbocycles. The van der Waals surface area contributed by atoms with Crippen molar-refractivity contribution in [2.45, 2.75) is 76.5 Å². The van der Waals surface area contributed by atoms with Gasteiger partial charge in [-0.15, -0.1) is 0 Å². The Morgan fingerprint density at radius 1 is 1.26 bits per heavy atom. The van der Waals surface area contributed by atoms with E-state index in [0.717, 1.165) is 18.4 Å². The van der Waals surface area contributed by atoms with Gasteiger partial charge in [-0.2, -0.15) is 0 Å². The molecular formula is C20H30O3. The van der Waals surface area contributed by atoms with Gasteiger partial charge in [0.2, 0.25) is 0 Å². The fourth-order valence-electron chi connectivity index (χ4n) is 5.80. The lowest BCUT2D eigenvalue weighted by molar-refractivity contribution is -0.241. The lowest BCUT2D eigenvalue weighted by Crippen LogP contribution is -2.49. The van der Waals surface area contributed by atoms with E-state index in [0.29, 0.717) is 36.5 Å². The van der Waals surface area contributed by atoms with E-state index in [9.17, 15) is 5.11 Å². The second-order valence-electron chi connectivity index (χ2n) is 8.81. The summed E-state index contributed by atoms with van der Waals surface area (Å²) in [7, 11) is 0. The molecule has 4 aliphatic rings. The van der Waals surface area contributed by atoms with Gasteiger partial charge >= 0.3 is 0 Å². The topological polar surface area (TPSA) is 38.7 Å². The van der Waals surface area contributed by atoms with Gasteiger partial charge in [0.25, 0.3) is 0 Å². The second kappa shape index (κ2) is 4.93. The average molecular weight is 318 g/mol. The van der Waals surface area contributed by atoms with E-state index in [1.165, 1.54) is 12.0 Å². The minimum atomic E-state index is -1.16. The van der Waals surface area contributed by atoms with Gasteiger partial charge in [-0.1, -0.05) is 32.6 Å². The molecule has 1 aliphatic carbocycles. The van der Waals surface area contributed by atoms with Crippen molar-refractivity contribution < 1.29 is 14.6 Å². The van der Waals surface area contributed by atoms with Crippen LogP contribution in [0.15, 0.2) is 24.3 Å². The maximum atomic E-state index is 10.9. The van der Waals surface area contributed by atoms with Crippen molar-refractivity contribution in [3.8, 4) is 0 Å². The summed E-state index contributed by atoms with van der Waals surface area (Å²) in [5.41, 5.74) is 1.70. The molecule has 1 N–H and O–H groups in total. The van der Waals surface area contributed by atoms with Crippen LogP contribution in [-0.4, -0.2) is 28.7 Å². The third-order valence-electron chi connectivity index (χ3n) is 7.07. The zero-order chi connectivity index (χ0) is 16.6. The largest absolute Gasteiger partial charge is 0.371 e. The number of aliphatic hydroxyl groups is 1. The maximum absolute atomic E-state index is 10.9. The normalized spacial score (nSPS) is 52.5. The molecule has 3 heterocycles. The Labute approximate surface area is 139 Å². The molecular weight excluding hydrogens is 288 g/mol. The lowest BCUT2D eigenvalue weighted by atomic mass is 9.61. The molecule has 0 spiro atoms. The van der Waals surface area contributed by atoms with E-state index < -0.39 is 11.4 Å². The van der Waals surface area contributed by atoms with Gasteiger partial charge < -0.3 is 14.6 Å². The Kier molecular flexibility index (Phi) is 3.40. The van der Waals surface area contributed by atoms with Crippen molar-refractivity contribution in [1.82, 2.24) is 0 Å². The van der Waals surface area contributed by atoms with E-state index in [-0.39, 0.29) is 12.2 Å². The third-order valence-corrected chi connectivity index (χ3v) is 7.07. The smallest absolute Gasteiger partial charge is 0.188 e. The molecule has 3 heteroatoms. The third kappa shape index (κ3) is 2.13. The maximum Gasteiger partial charge on any atom is 0.188 e. The van der Waals surface area contributed by atoms with Gasteiger partial charge in [0.15, 0.2) is 5.79 Å². The highest BCUT2D eigenvalue weighted by atomic mass is 16.7. The second-order valence-corrected chi connectivity index (χ2v) is 8.81. The molecule has 23 heavy (non-hydrogen) atoms. The SMILES string of the molecule is C=C1CC[C@H](C(C)C)[C@@H]2[C@H]1[C@H]1CC(=C)[C@]3(O)CCC(C)(O3)[C@@H]2O1. The number of rotatable bonds is 1. The number of fused-ring (bicyclic) bond motifs is 8. The summed E-state index contributed by atoms with van der Waals surface area (Å²) >= 11 is 0. The van der Waals surface area contributed by atoms with Gasteiger partial charge in [-0.05, 0) is 43.6 Å². The van der Waals surface area contributed by atoms with Crippen molar-refractivity contribution in [2.24, 2.45) is 23.7 Å². The van der Waals surface area contributed by atoms with Crippen LogP contribution in [0.4, 0.5) is 0 Å². The van der Waals surface area contributed by atoms with Crippen LogP contribution in [0.1, 0.15) is 52.9 Å². The van der Waals surface area contributed by atoms with Crippen LogP contribution in [0.3, 0.4) is 0 Å². The van der Waals surface area contributed by atoms with Crippen LogP contribution in [0.2, 0.25) is 0 Å². The van der Waals surface area contributed by atoms with Crippen LogP contribution < -0.4 is 0 Å². The number of hydrogen-bond donors (Lipinski definition) is 1. The van der Waals surface area contributed by atoms with Crippen molar-refractivity contribution in [3.63, 3.8) is 0 Å². The monoisotopic (exact) mass is 318 g/mol. The summed E-state index contributed by atoms with van der Waals surface area (Å²) in [6.45, 7) is 15.3. The van der Waals surface area contributed by atoms with Crippen molar-refractivity contribution >= 4 is 0 Å². The van der Waals surface area contributed by atoms with Crippen LogP contribution >= 0.6 is 0 Å². The lowest BCUT2D eigenvalue weighted by Gasteiger charge is -2.43. The van der Waals surface area contributed by atoms with E-state index in [1.54, 1.807) is 0 Å². The van der Waals surface area contributed by atoms with Crippen LogP contribution in [0.5, 0.6) is 0 Å². The van der Waals surface area contributed by atoms with E-state index in [2.05, 4.69) is 33.9 Å². The molecule has 4 rings (SSSR count). The highest BCUT2D eigenvalue weighted by molar-refractivity contribution is 5.24. The molecule has 3 aliphatic heterocycles. The summed E-state index contributed by atoms with van der Waals surface area (Å²) in [5, 5.41) is 10.9. The van der Waals surface area contributed by atoms with Gasteiger partial charge in [-0.25, -0.2) is 0 Å². The summed E-state index contributed by atoms with van der Waals surface area (Å²) < 4.78 is 12.8. The van der Waals surface area contributed by atoms with Gasteiger partial charge in [0.1, 0.15) is 0 Å². The highest BCUT2D eigenvalue weighted by Gasteiger charge is 2.63. The van der Waals surface area contributed by atoms with Gasteiger partial charge in [0.05, 0.1) is 17.8 Å². The minimum absolute atomic E-state index is 0.0593. The van der Waals surface area contributed by atoms with Crippen molar-refractivity contribution in [3.05, 3.63) is 24.3 Å². The first-order valence-electron chi connectivity index (χ1n) is 9.19. The fourth-order valence-corrected chi connectivity index (χ4v) is 5.80. The predicted molar refractivity (Wildman–Crippen MR) is 89.8 cm³/mol. The average Bonchev–Trinajstić information content (AvgIpc) is 3.01. The Hall–Kier alpha value is -0.640. The molecule has 1 unspecified atom stereocenters. The fraction of sp³-hybridized carbons (Fsp3) is 0.800. The molecule has 0 aromatic carbocycles. The first-order valence-corrected chi connectivity index (χ1v) is 9.19. The summed E-state index contributed by atoms with van der Waals surface area (Å²) in [6, 6.07) is 0. The first kappa shape index (κ1) is 15.9. The summed E-state index contributed by atoms with van der Waals surface area (Å²) in [5.74, 6) is 0.965. The zero-order valence-electron chi connectivity index (χ0n) is 14.7. The molecule has 3 saturated heterocycles. The molecule has 0 radical (unpaired) electrons. The number of hydrogen-bond acceptors (Lipinski definition) is 3. The number of ether oxygens (including phenoxy) is 2. The Morgan fingerprint density at radius 3 is 2.70 bits per heavy atom. The molecule has 128 valence electrons. The zero-order valence-corrected chi connectivity index (χ0v) is 14.7. The van der Waals surface area contributed by atoms with Crippen LogP contribution in [-0.2, 0) is 9.47 Å². The van der Waals surface area contributed by atoms with Crippen molar-refractivity contribution in [1.29, 1.82) is 0 Å². The Balaban J connectivity index is 1.79. The molecule has 7 atom stereocenters. The highest BCUT2D eigenvalue weighted by Crippen LogP contribution is 2.59. The molecule has 0 aromatic rings. The van der Waals surface area contributed by atoms with E-state index in [4.69, 9.17) is 9.47 Å². The predicted octanol–water partition coefficient (Wildman–Crippen LogP) is 3.83. The summed E-state index contributed by atoms with van der Waals surface area (Å²) in [6.07, 6.45) is 4.63. The minimum Gasteiger partial charge on any atom is -0.371 e. The molecule has 4 bridgehead atoms. The molecule has 4 fully saturated rings. The van der Waals surface area contributed by atoms with Gasteiger partial charge in [0, 0.05) is 24.7 Å². The molecule has 3 nitrogen and oxygen atoms in total. The van der Waals surface area contributed by atoms with Crippen LogP contribution in [0, 0.1) is 23.7 Å². The van der Waals surface area contributed by atoms with Gasteiger partial charge in [-0.3, -0.25) is 0 Å².